The zero-order chi connectivity index (χ0) is 22.6. The third-order valence-corrected chi connectivity index (χ3v) is 6.85. The lowest BCUT2D eigenvalue weighted by Crippen LogP contribution is -2.33. The Morgan fingerprint density at radius 2 is 1.69 bits per heavy atom. The van der Waals surface area contributed by atoms with Gasteiger partial charge in [-0.05, 0) is 61.4 Å². The van der Waals surface area contributed by atoms with E-state index in [0.29, 0.717) is 0 Å². The average molecular weight is 438 g/mol. The number of nitrogens with zero attached hydrogens (tertiary/aromatic N) is 2. The van der Waals surface area contributed by atoms with Crippen LogP contribution in [0.25, 0.3) is 0 Å². The van der Waals surface area contributed by atoms with E-state index in [0.717, 1.165) is 42.4 Å². The van der Waals surface area contributed by atoms with Gasteiger partial charge in [0.1, 0.15) is 5.82 Å². The Labute approximate surface area is 182 Å². The first-order valence-corrected chi connectivity index (χ1v) is 10.4. The largest absolute Gasteiger partial charge is 0.483 e. The SMILES string of the molecule is O=C(COc1cc([N+](=O)[O-])ccc1N1C(=O)[C@@H]2[C@H]3CC[C@@H](C3)[C@H]2C1=O)c1ccc(F)cc1. The summed E-state index contributed by atoms with van der Waals surface area (Å²) in [7, 11) is 0. The molecule has 32 heavy (non-hydrogen) atoms. The van der Waals surface area contributed by atoms with Gasteiger partial charge in [-0.15, -0.1) is 0 Å². The van der Waals surface area contributed by atoms with Gasteiger partial charge in [-0.1, -0.05) is 0 Å². The molecule has 0 radical (unpaired) electrons. The van der Waals surface area contributed by atoms with Crippen LogP contribution in [0.3, 0.4) is 0 Å². The number of Topliss-reactive ketones (excluding diaryl/α,β-unsaturated/α-hetero) is 1. The van der Waals surface area contributed by atoms with E-state index in [1.807, 2.05) is 0 Å². The molecule has 9 heteroatoms. The molecule has 164 valence electrons. The van der Waals surface area contributed by atoms with Crippen LogP contribution < -0.4 is 9.64 Å². The third kappa shape index (κ3) is 3.16. The Kier molecular flexibility index (Phi) is 4.76. The Balaban J connectivity index is 1.44. The summed E-state index contributed by atoms with van der Waals surface area (Å²) in [4.78, 5) is 50.5. The van der Waals surface area contributed by atoms with E-state index in [1.165, 1.54) is 24.3 Å². The van der Waals surface area contributed by atoms with Crippen molar-refractivity contribution in [3.05, 3.63) is 64.0 Å². The molecule has 0 aromatic heterocycles. The molecule has 0 spiro atoms. The van der Waals surface area contributed by atoms with Crippen LogP contribution in [0, 0.1) is 39.6 Å². The van der Waals surface area contributed by atoms with E-state index in [2.05, 4.69) is 0 Å². The molecule has 2 aromatic rings. The van der Waals surface area contributed by atoms with Gasteiger partial charge in [-0.3, -0.25) is 24.5 Å². The lowest BCUT2D eigenvalue weighted by Gasteiger charge is -2.20. The van der Waals surface area contributed by atoms with E-state index >= 15 is 0 Å². The predicted molar refractivity (Wildman–Crippen MR) is 110 cm³/mol. The van der Waals surface area contributed by atoms with Crippen LogP contribution in [0.4, 0.5) is 15.8 Å². The summed E-state index contributed by atoms with van der Waals surface area (Å²) in [5.41, 5.74) is 0.0152. The van der Waals surface area contributed by atoms with Gasteiger partial charge in [0.15, 0.2) is 18.1 Å². The maximum Gasteiger partial charge on any atom is 0.273 e. The molecule has 1 heterocycles. The van der Waals surface area contributed by atoms with Crippen LogP contribution in [0.1, 0.15) is 29.6 Å². The minimum atomic E-state index is -0.624. The smallest absolute Gasteiger partial charge is 0.273 e. The number of non-ortho nitro benzene ring substituents is 1. The first kappa shape index (κ1) is 20.3. The van der Waals surface area contributed by atoms with Crippen LogP contribution in [0.2, 0.25) is 0 Å². The normalized spacial score (nSPS) is 25.8. The minimum Gasteiger partial charge on any atom is -0.483 e. The van der Waals surface area contributed by atoms with Crippen molar-refractivity contribution in [1.82, 2.24) is 0 Å². The zero-order valence-corrected chi connectivity index (χ0v) is 16.9. The van der Waals surface area contributed by atoms with Crippen LogP contribution in [0.5, 0.6) is 5.75 Å². The molecule has 3 aliphatic rings. The van der Waals surface area contributed by atoms with Crippen molar-refractivity contribution >= 4 is 29.0 Å². The van der Waals surface area contributed by atoms with Gasteiger partial charge in [-0.25, -0.2) is 9.29 Å². The highest BCUT2D eigenvalue weighted by atomic mass is 19.1. The molecule has 8 nitrogen and oxygen atoms in total. The van der Waals surface area contributed by atoms with Gasteiger partial charge < -0.3 is 4.74 Å². The maximum absolute atomic E-state index is 13.2. The molecule has 2 bridgehead atoms. The van der Waals surface area contributed by atoms with E-state index in [1.54, 1.807) is 0 Å². The first-order chi connectivity index (χ1) is 15.3. The van der Waals surface area contributed by atoms with Crippen molar-refractivity contribution in [2.24, 2.45) is 23.7 Å². The number of imide groups is 1. The summed E-state index contributed by atoms with van der Waals surface area (Å²) in [6.45, 7) is -0.492. The van der Waals surface area contributed by atoms with Gasteiger partial charge >= 0.3 is 0 Å². The fourth-order valence-electron chi connectivity index (χ4n) is 5.43. The Bertz CT molecular complexity index is 1120. The Hall–Kier alpha value is -3.62. The van der Waals surface area contributed by atoms with E-state index in [4.69, 9.17) is 4.74 Å². The van der Waals surface area contributed by atoms with Crippen molar-refractivity contribution < 1.29 is 28.4 Å². The lowest BCUT2D eigenvalue weighted by molar-refractivity contribution is -0.384. The predicted octanol–water partition coefficient (Wildman–Crippen LogP) is 3.53. The number of nitro benzene ring substituents is 1. The van der Waals surface area contributed by atoms with Crippen molar-refractivity contribution in [3.63, 3.8) is 0 Å². The van der Waals surface area contributed by atoms with Gasteiger partial charge in [-0.2, -0.15) is 0 Å². The molecule has 0 unspecified atom stereocenters. The summed E-state index contributed by atoms with van der Waals surface area (Å²) in [5, 5.41) is 11.3. The number of nitro groups is 1. The fraction of sp³-hybridized carbons (Fsp3) is 0.348. The highest BCUT2D eigenvalue weighted by Gasteiger charge is 2.61. The van der Waals surface area contributed by atoms with Crippen molar-refractivity contribution in [2.45, 2.75) is 19.3 Å². The summed E-state index contributed by atoms with van der Waals surface area (Å²) < 4.78 is 18.7. The summed E-state index contributed by atoms with van der Waals surface area (Å²) in [6, 6.07) is 8.51. The molecule has 5 rings (SSSR count). The topological polar surface area (TPSA) is 107 Å². The number of carbonyl (C=O) groups is 3. The number of hydrogen-bond acceptors (Lipinski definition) is 6. The summed E-state index contributed by atoms with van der Waals surface area (Å²) in [6.07, 6.45) is 2.74. The standard InChI is InChI=1S/C23H19FN2O6/c24-15-5-3-12(4-6-15)18(27)11-32-19-10-16(26(30)31)7-8-17(19)25-22(28)20-13-1-2-14(9-13)21(20)23(25)29/h3-8,10,13-14,20-21H,1-2,9,11H2/t13-,14-,20+,21+/m0/s1. The fourth-order valence-corrected chi connectivity index (χ4v) is 5.43. The van der Waals surface area contributed by atoms with Crippen molar-refractivity contribution in [2.75, 3.05) is 11.5 Å². The lowest BCUT2D eigenvalue weighted by atomic mass is 9.81. The van der Waals surface area contributed by atoms with Crippen molar-refractivity contribution in [3.8, 4) is 5.75 Å². The molecular formula is C23H19FN2O6. The molecule has 2 aliphatic carbocycles. The number of ether oxygens (including phenoxy) is 1. The average Bonchev–Trinajstić information content (AvgIpc) is 3.46. The number of carbonyl (C=O) groups excluding carboxylic acids is 3. The second kappa shape index (κ2) is 7.51. The zero-order valence-electron chi connectivity index (χ0n) is 16.9. The second-order valence-corrected chi connectivity index (χ2v) is 8.52. The van der Waals surface area contributed by atoms with Crippen LogP contribution in [-0.4, -0.2) is 29.1 Å². The number of fused-ring (bicyclic) bond motifs is 5. The third-order valence-electron chi connectivity index (χ3n) is 6.85. The van der Waals surface area contributed by atoms with E-state index in [-0.39, 0.29) is 58.2 Å². The number of ketones is 1. The highest BCUT2D eigenvalue weighted by Crippen LogP contribution is 2.57. The molecule has 2 amide bonds. The molecule has 0 N–H and O–H groups in total. The minimum absolute atomic E-state index is 0.0938. The van der Waals surface area contributed by atoms with Gasteiger partial charge in [0.25, 0.3) is 5.69 Å². The quantitative estimate of drug-likeness (QED) is 0.296. The molecule has 3 fully saturated rings. The monoisotopic (exact) mass is 438 g/mol. The molecule has 2 saturated carbocycles. The van der Waals surface area contributed by atoms with E-state index < -0.39 is 23.1 Å². The van der Waals surface area contributed by atoms with Gasteiger partial charge in [0, 0.05) is 11.6 Å². The molecule has 4 atom stereocenters. The Morgan fingerprint density at radius 3 is 2.28 bits per heavy atom. The molecule has 1 saturated heterocycles. The number of anilines is 1. The maximum atomic E-state index is 13.2. The highest BCUT2D eigenvalue weighted by molar-refractivity contribution is 6.23. The number of benzene rings is 2. The number of halogens is 1. The molecular weight excluding hydrogens is 419 g/mol. The van der Waals surface area contributed by atoms with Gasteiger partial charge in [0.05, 0.1) is 28.5 Å². The first-order valence-electron chi connectivity index (χ1n) is 10.4. The number of amides is 2. The molecule has 2 aromatic carbocycles. The Morgan fingerprint density at radius 1 is 1.06 bits per heavy atom. The summed E-state index contributed by atoms with van der Waals surface area (Å²) in [5.74, 6) is -2.02. The van der Waals surface area contributed by atoms with Gasteiger partial charge in [0.2, 0.25) is 11.8 Å². The van der Waals surface area contributed by atoms with Crippen LogP contribution in [-0.2, 0) is 9.59 Å². The molecule has 1 aliphatic heterocycles. The van der Waals surface area contributed by atoms with Crippen LogP contribution >= 0.6 is 0 Å². The number of hydrogen-bond donors (Lipinski definition) is 0. The number of rotatable bonds is 6. The second-order valence-electron chi connectivity index (χ2n) is 8.52. The van der Waals surface area contributed by atoms with E-state index in [9.17, 15) is 28.9 Å². The van der Waals surface area contributed by atoms with Crippen LogP contribution in [0.15, 0.2) is 42.5 Å². The summed E-state index contributed by atoms with van der Waals surface area (Å²) >= 11 is 0. The van der Waals surface area contributed by atoms with Crippen molar-refractivity contribution in [1.29, 1.82) is 0 Å².